The van der Waals surface area contributed by atoms with Gasteiger partial charge in [-0.15, -0.1) is 5.10 Å². The Hall–Kier alpha value is -2.50. The van der Waals surface area contributed by atoms with E-state index in [1.165, 1.54) is 25.7 Å². The summed E-state index contributed by atoms with van der Waals surface area (Å²) in [5.74, 6) is 0.643. The highest BCUT2D eigenvalue weighted by Gasteiger charge is 2.15. The average molecular weight is 339 g/mol. The van der Waals surface area contributed by atoms with Crippen LogP contribution in [-0.2, 0) is 13.6 Å². The Balaban J connectivity index is 1.84. The molecular formula is C19H25N5O. The largest absolute Gasteiger partial charge is 0.294 e. The molecule has 0 unspecified atom stereocenters. The molecule has 6 nitrogen and oxygen atoms in total. The van der Waals surface area contributed by atoms with E-state index in [0.29, 0.717) is 17.0 Å². The maximum absolute atomic E-state index is 12.6. The van der Waals surface area contributed by atoms with Crippen molar-refractivity contribution in [1.29, 1.82) is 0 Å². The van der Waals surface area contributed by atoms with Crippen LogP contribution in [0.2, 0.25) is 0 Å². The number of nitrogens with zero attached hydrogens (tertiary/aromatic N) is 5. The second kappa shape index (κ2) is 8.05. The number of hydrogen-bond donors (Lipinski definition) is 0. The number of unbranched alkanes of at least 4 members (excludes halogenated alkanes) is 5. The summed E-state index contributed by atoms with van der Waals surface area (Å²) in [7, 11) is 1.73. The zero-order valence-corrected chi connectivity index (χ0v) is 15.0. The van der Waals surface area contributed by atoms with Crippen molar-refractivity contribution in [2.75, 3.05) is 0 Å². The van der Waals surface area contributed by atoms with Crippen LogP contribution in [0.15, 0.2) is 35.1 Å². The lowest BCUT2D eigenvalue weighted by Crippen LogP contribution is -2.20. The van der Waals surface area contributed by atoms with E-state index < -0.39 is 0 Å². The van der Waals surface area contributed by atoms with Crippen molar-refractivity contribution in [3.63, 3.8) is 0 Å². The summed E-state index contributed by atoms with van der Waals surface area (Å²) in [5.41, 5.74) is 1.68. The van der Waals surface area contributed by atoms with Crippen molar-refractivity contribution in [2.45, 2.75) is 52.0 Å². The van der Waals surface area contributed by atoms with Crippen molar-refractivity contribution >= 4 is 11.2 Å². The Morgan fingerprint density at radius 1 is 1.00 bits per heavy atom. The number of hydrogen-bond acceptors (Lipinski definition) is 4. The van der Waals surface area contributed by atoms with Gasteiger partial charge in [0, 0.05) is 19.2 Å². The summed E-state index contributed by atoms with van der Waals surface area (Å²) < 4.78 is 3.31. The fourth-order valence-corrected chi connectivity index (χ4v) is 3.03. The van der Waals surface area contributed by atoms with Crippen LogP contribution in [0.1, 0.15) is 45.4 Å². The standard InChI is InChI=1S/C19H25N5O/c1-3-4-5-6-7-11-14-24-18-16(21-22-24)19(25)23(2)17(20-18)15-12-9-8-10-13-15/h8-10,12-13H,3-7,11,14H2,1-2H3. The first-order chi connectivity index (χ1) is 12.2. The van der Waals surface area contributed by atoms with E-state index in [9.17, 15) is 4.79 Å². The predicted molar refractivity (Wildman–Crippen MR) is 99.4 cm³/mol. The van der Waals surface area contributed by atoms with Crippen LogP contribution in [0, 0.1) is 0 Å². The third kappa shape index (κ3) is 3.78. The molecule has 0 N–H and O–H groups in total. The number of fused-ring (bicyclic) bond motifs is 1. The molecular weight excluding hydrogens is 314 g/mol. The molecule has 0 spiro atoms. The third-order valence-electron chi connectivity index (χ3n) is 4.50. The number of aromatic nitrogens is 5. The SMILES string of the molecule is CCCCCCCCn1nnc2c(=O)n(C)c(-c3ccccc3)nc21. The minimum absolute atomic E-state index is 0.155. The van der Waals surface area contributed by atoms with Crippen molar-refractivity contribution in [1.82, 2.24) is 24.5 Å². The van der Waals surface area contributed by atoms with E-state index in [-0.39, 0.29) is 5.56 Å². The molecule has 0 amide bonds. The van der Waals surface area contributed by atoms with Crippen LogP contribution < -0.4 is 5.56 Å². The van der Waals surface area contributed by atoms with E-state index in [4.69, 9.17) is 4.98 Å². The Labute approximate surface area is 147 Å². The topological polar surface area (TPSA) is 65.6 Å². The first-order valence-electron chi connectivity index (χ1n) is 9.08. The molecule has 25 heavy (non-hydrogen) atoms. The van der Waals surface area contributed by atoms with Crippen LogP contribution in [0.5, 0.6) is 0 Å². The van der Waals surface area contributed by atoms with Gasteiger partial charge < -0.3 is 0 Å². The smallest absolute Gasteiger partial charge is 0.283 e. The summed E-state index contributed by atoms with van der Waals surface area (Å²) in [5, 5.41) is 8.22. The van der Waals surface area contributed by atoms with Gasteiger partial charge in [0.05, 0.1) is 0 Å². The van der Waals surface area contributed by atoms with Gasteiger partial charge in [-0.25, -0.2) is 9.67 Å². The van der Waals surface area contributed by atoms with Crippen molar-refractivity contribution in [3.05, 3.63) is 40.7 Å². The molecule has 0 radical (unpaired) electrons. The van der Waals surface area contributed by atoms with Crippen LogP contribution in [0.3, 0.4) is 0 Å². The van der Waals surface area contributed by atoms with Crippen LogP contribution in [0.4, 0.5) is 0 Å². The van der Waals surface area contributed by atoms with E-state index in [1.54, 1.807) is 16.3 Å². The highest BCUT2D eigenvalue weighted by molar-refractivity contribution is 5.72. The molecule has 0 bridgehead atoms. The van der Waals surface area contributed by atoms with Gasteiger partial charge in [-0.2, -0.15) is 0 Å². The lowest BCUT2D eigenvalue weighted by Gasteiger charge is -2.08. The van der Waals surface area contributed by atoms with Gasteiger partial charge >= 0.3 is 0 Å². The summed E-state index contributed by atoms with van der Waals surface area (Å²) in [6, 6.07) is 9.74. The normalized spacial score (nSPS) is 11.3. The molecule has 0 aliphatic rings. The summed E-state index contributed by atoms with van der Waals surface area (Å²) >= 11 is 0. The van der Waals surface area contributed by atoms with E-state index >= 15 is 0 Å². The quantitative estimate of drug-likeness (QED) is 0.589. The minimum Gasteiger partial charge on any atom is -0.294 e. The van der Waals surface area contributed by atoms with E-state index in [0.717, 1.165) is 24.9 Å². The second-order valence-corrected chi connectivity index (χ2v) is 6.42. The maximum atomic E-state index is 12.6. The van der Waals surface area contributed by atoms with Gasteiger partial charge in [0.15, 0.2) is 11.2 Å². The molecule has 0 saturated carbocycles. The molecule has 0 fully saturated rings. The fourth-order valence-electron chi connectivity index (χ4n) is 3.03. The molecule has 2 aromatic heterocycles. The highest BCUT2D eigenvalue weighted by Crippen LogP contribution is 2.17. The summed E-state index contributed by atoms with van der Waals surface area (Å²) in [4.78, 5) is 17.3. The zero-order chi connectivity index (χ0) is 17.6. The average Bonchev–Trinajstić information content (AvgIpc) is 3.05. The van der Waals surface area contributed by atoms with Crippen molar-refractivity contribution in [3.8, 4) is 11.4 Å². The van der Waals surface area contributed by atoms with Gasteiger partial charge in [0.2, 0.25) is 0 Å². The molecule has 0 aliphatic carbocycles. The lowest BCUT2D eigenvalue weighted by atomic mass is 10.1. The van der Waals surface area contributed by atoms with Gasteiger partial charge in [0.1, 0.15) is 5.82 Å². The summed E-state index contributed by atoms with van der Waals surface area (Å²) in [6.07, 6.45) is 7.27. The van der Waals surface area contributed by atoms with E-state index in [2.05, 4.69) is 17.2 Å². The Morgan fingerprint density at radius 2 is 1.72 bits per heavy atom. The van der Waals surface area contributed by atoms with Gasteiger partial charge in [-0.1, -0.05) is 74.6 Å². The first-order valence-corrected chi connectivity index (χ1v) is 9.08. The van der Waals surface area contributed by atoms with Crippen molar-refractivity contribution in [2.24, 2.45) is 7.05 Å². The van der Waals surface area contributed by atoms with Crippen LogP contribution in [-0.4, -0.2) is 24.5 Å². The zero-order valence-electron chi connectivity index (χ0n) is 15.0. The molecule has 3 rings (SSSR count). The molecule has 0 aliphatic heterocycles. The molecule has 132 valence electrons. The van der Waals surface area contributed by atoms with Crippen molar-refractivity contribution < 1.29 is 0 Å². The van der Waals surface area contributed by atoms with Crippen LogP contribution >= 0.6 is 0 Å². The van der Waals surface area contributed by atoms with Crippen LogP contribution in [0.25, 0.3) is 22.6 Å². The Morgan fingerprint density at radius 3 is 2.48 bits per heavy atom. The predicted octanol–water partition coefficient (Wildman–Crippen LogP) is 3.55. The fraction of sp³-hybridized carbons (Fsp3) is 0.474. The summed E-state index contributed by atoms with van der Waals surface area (Å²) in [6.45, 7) is 2.97. The Bertz CT molecular complexity index is 882. The van der Waals surface area contributed by atoms with E-state index in [1.807, 2.05) is 30.3 Å². The molecule has 0 atom stereocenters. The van der Waals surface area contributed by atoms with Gasteiger partial charge in [0.25, 0.3) is 5.56 Å². The second-order valence-electron chi connectivity index (χ2n) is 6.42. The molecule has 2 heterocycles. The molecule has 0 saturated heterocycles. The van der Waals surface area contributed by atoms with Gasteiger partial charge in [-0.05, 0) is 6.42 Å². The molecule has 3 aromatic rings. The van der Waals surface area contributed by atoms with Gasteiger partial charge in [-0.3, -0.25) is 9.36 Å². The lowest BCUT2D eigenvalue weighted by molar-refractivity contribution is 0.524. The first kappa shape index (κ1) is 17.3. The Kier molecular flexibility index (Phi) is 5.58. The molecule has 6 heteroatoms. The number of rotatable bonds is 8. The third-order valence-corrected chi connectivity index (χ3v) is 4.50. The highest BCUT2D eigenvalue weighted by atomic mass is 16.1. The molecule has 1 aromatic carbocycles. The minimum atomic E-state index is -0.155. The number of aryl methyl sites for hydroxylation is 1. The number of benzene rings is 1. The monoisotopic (exact) mass is 339 g/mol. The maximum Gasteiger partial charge on any atom is 0.283 e.